The number of nitrogens with zero attached hydrogens (tertiary/aromatic N) is 3. The fourth-order valence-corrected chi connectivity index (χ4v) is 8.01. The van der Waals surface area contributed by atoms with Crippen LogP contribution in [0.2, 0.25) is 0 Å². The summed E-state index contributed by atoms with van der Waals surface area (Å²) in [5.41, 5.74) is 3.50. The lowest BCUT2D eigenvalue weighted by atomic mass is 9.84. The largest absolute Gasteiger partial charge is 0.497 e. The van der Waals surface area contributed by atoms with Gasteiger partial charge in [-0.15, -0.1) is 0 Å². The molecule has 172 valence electrons. The number of pyridine rings is 1. The number of ether oxygens (including phenoxy) is 1. The van der Waals surface area contributed by atoms with Crippen LogP contribution in [0, 0.1) is 12.3 Å². The molecule has 0 N–H and O–H groups in total. The lowest BCUT2D eigenvalue weighted by Crippen LogP contribution is -2.38. The number of rotatable bonds is 4. The van der Waals surface area contributed by atoms with E-state index in [9.17, 15) is 8.42 Å². The first kappa shape index (κ1) is 21.7. The molecule has 2 aromatic rings. The molecule has 2 fully saturated rings. The van der Waals surface area contributed by atoms with Gasteiger partial charge in [-0.3, -0.25) is 0 Å². The van der Waals surface area contributed by atoms with Crippen LogP contribution in [0.25, 0.3) is 0 Å². The van der Waals surface area contributed by atoms with Crippen LogP contribution in [0.4, 0.5) is 5.82 Å². The van der Waals surface area contributed by atoms with Gasteiger partial charge in [0.15, 0.2) is 0 Å². The molecular weight excluding hydrogens is 422 g/mol. The van der Waals surface area contributed by atoms with Gasteiger partial charge in [0.1, 0.15) is 16.5 Å². The van der Waals surface area contributed by atoms with Gasteiger partial charge in [0, 0.05) is 31.9 Å². The van der Waals surface area contributed by atoms with E-state index in [2.05, 4.69) is 28.9 Å². The van der Waals surface area contributed by atoms with Crippen LogP contribution >= 0.6 is 0 Å². The van der Waals surface area contributed by atoms with Gasteiger partial charge in [0.2, 0.25) is 10.0 Å². The summed E-state index contributed by atoms with van der Waals surface area (Å²) in [6.45, 7) is 6.01. The number of methoxy groups -OCH3 is 1. The third-order valence-corrected chi connectivity index (χ3v) is 9.62. The number of hydrogen-bond donors (Lipinski definition) is 0. The van der Waals surface area contributed by atoms with Gasteiger partial charge in [0.05, 0.1) is 7.11 Å². The molecule has 1 saturated heterocycles. The van der Waals surface area contributed by atoms with Crippen molar-refractivity contribution < 1.29 is 13.2 Å². The Morgan fingerprint density at radius 3 is 2.69 bits per heavy atom. The molecule has 3 aliphatic rings. The first-order valence-electron chi connectivity index (χ1n) is 11.7. The minimum absolute atomic E-state index is 0.0287. The van der Waals surface area contributed by atoms with Crippen LogP contribution in [0.1, 0.15) is 55.7 Å². The van der Waals surface area contributed by atoms with Crippen molar-refractivity contribution in [2.45, 2.75) is 69.9 Å². The minimum atomic E-state index is -3.63. The standard InChI is InChI=1S/C25H33N3O3S/c1-18-12-23(32(29,30)28-17-25(14-19(28)2)9-4-5-10-25)24(26-15-18)27-11-8-20-13-22(31-3)7-6-21(20)16-27/h6-7,12-13,15,19H,4-5,8-11,14,16-17H2,1-3H3/t19-/m1/s1. The molecule has 1 aromatic carbocycles. The molecule has 1 aliphatic carbocycles. The Bertz CT molecular complexity index is 1130. The predicted molar refractivity (Wildman–Crippen MR) is 126 cm³/mol. The fourth-order valence-electron chi connectivity index (χ4n) is 6.01. The zero-order chi connectivity index (χ0) is 22.5. The molecule has 7 heteroatoms. The number of aryl methyl sites for hydroxylation is 1. The average Bonchev–Trinajstić information content (AvgIpc) is 3.38. The Labute approximate surface area is 191 Å². The fraction of sp³-hybridized carbons (Fsp3) is 0.560. The lowest BCUT2D eigenvalue weighted by Gasteiger charge is -2.32. The highest BCUT2D eigenvalue weighted by Gasteiger charge is 2.48. The number of sulfonamides is 1. The van der Waals surface area contributed by atoms with Crippen LogP contribution in [0.5, 0.6) is 5.75 Å². The second-order valence-electron chi connectivity index (χ2n) is 9.95. The highest BCUT2D eigenvalue weighted by Crippen LogP contribution is 2.49. The van der Waals surface area contributed by atoms with Crippen molar-refractivity contribution in [1.29, 1.82) is 0 Å². The summed E-state index contributed by atoms with van der Waals surface area (Å²) in [5.74, 6) is 1.44. The number of benzene rings is 1. The SMILES string of the molecule is COc1ccc2c(c1)CCN(c1ncc(C)cc1S(=O)(=O)N1CC3(CCCC3)C[C@H]1C)C2. The number of anilines is 1. The van der Waals surface area contributed by atoms with Gasteiger partial charge >= 0.3 is 0 Å². The summed E-state index contributed by atoms with van der Waals surface area (Å²) in [4.78, 5) is 7.13. The molecule has 0 unspecified atom stereocenters. The number of fused-ring (bicyclic) bond motifs is 1. The van der Waals surface area contributed by atoms with Gasteiger partial charge in [0.25, 0.3) is 0 Å². The monoisotopic (exact) mass is 455 g/mol. The van der Waals surface area contributed by atoms with E-state index in [-0.39, 0.29) is 11.5 Å². The Morgan fingerprint density at radius 1 is 1.16 bits per heavy atom. The van der Waals surface area contributed by atoms with Gasteiger partial charge in [-0.05, 0) is 79.8 Å². The van der Waals surface area contributed by atoms with E-state index in [1.807, 2.05) is 19.1 Å². The quantitative estimate of drug-likeness (QED) is 0.688. The summed E-state index contributed by atoms with van der Waals surface area (Å²) in [6.07, 6.45) is 8.32. The second kappa shape index (κ2) is 8.03. The van der Waals surface area contributed by atoms with Crippen molar-refractivity contribution in [3.63, 3.8) is 0 Å². The maximum atomic E-state index is 14.0. The molecule has 32 heavy (non-hydrogen) atoms. The molecule has 1 spiro atoms. The van der Waals surface area contributed by atoms with Crippen molar-refractivity contribution in [3.8, 4) is 5.75 Å². The van der Waals surface area contributed by atoms with Gasteiger partial charge in [-0.1, -0.05) is 18.9 Å². The van der Waals surface area contributed by atoms with E-state index in [1.165, 1.54) is 24.0 Å². The van der Waals surface area contributed by atoms with E-state index in [0.29, 0.717) is 23.8 Å². The van der Waals surface area contributed by atoms with Crippen molar-refractivity contribution in [3.05, 3.63) is 47.2 Å². The first-order valence-corrected chi connectivity index (χ1v) is 13.1. The van der Waals surface area contributed by atoms with E-state index < -0.39 is 10.0 Å². The van der Waals surface area contributed by atoms with Crippen molar-refractivity contribution in [1.82, 2.24) is 9.29 Å². The summed E-state index contributed by atoms with van der Waals surface area (Å²) in [6, 6.07) is 7.97. The maximum Gasteiger partial charge on any atom is 0.247 e. The van der Waals surface area contributed by atoms with Gasteiger partial charge in [-0.25, -0.2) is 13.4 Å². The third-order valence-electron chi connectivity index (χ3n) is 7.66. The molecule has 3 heterocycles. The zero-order valence-electron chi connectivity index (χ0n) is 19.3. The van der Waals surface area contributed by atoms with Gasteiger partial charge in [-0.2, -0.15) is 4.31 Å². The molecule has 0 radical (unpaired) electrons. The minimum Gasteiger partial charge on any atom is -0.497 e. The van der Waals surface area contributed by atoms with E-state index >= 15 is 0 Å². The molecule has 5 rings (SSSR count). The van der Waals surface area contributed by atoms with Crippen molar-refractivity contribution >= 4 is 15.8 Å². The Kier molecular flexibility index (Phi) is 5.45. The smallest absolute Gasteiger partial charge is 0.247 e. The topological polar surface area (TPSA) is 62.7 Å². The Balaban J connectivity index is 1.48. The third kappa shape index (κ3) is 3.69. The molecular formula is C25H33N3O3S. The van der Waals surface area contributed by atoms with Crippen LogP contribution in [-0.2, 0) is 23.0 Å². The Hall–Kier alpha value is -2.12. The summed E-state index contributed by atoms with van der Waals surface area (Å²) in [7, 11) is -1.95. The summed E-state index contributed by atoms with van der Waals surface area (Å²) >= 11 is 0. The number of hydrogen-bond acceptors (Lipinski definition) is 5. The van der Waals surface area contributed by atoms with Gasteiger partial charge < -0.3 is 9.64 Å². The first-order chi connectivity index (χ1) is 15.3. The predicted octanol–water partition coefficient (Wildman–Crippen LogP) is 4.30. The highest BCUT2D eigenvalue weighted by molar-refractivity contribution is 7.89. The molecule has 6 nitrogen and oxygen atoms in total. The molecule has 0 bridgehead atoms. The second-order valence-corrected chi connectivity index (χ2v) is 11.8. The molecule has 2 aliphatic heterocycles. The maximum absolute atomic E-state index is 14.0. The van der Waals surface area contributed by atoms with Crippen molar-refractivity contribution in [2.24, 2.45) is 5.41 Å². The normalized spacial score (nSPS) is 23.0. The molecule has 1 saturated carbocycles. The summed E-state index contributed by atoms with van der Waals surface area (Å²) in [5, 5.41) is 0. The molecule has 1 atom stereocenters. The van der Waals surface area contributed by atoms with Crippen LogP contribution < -0.4 is 9.64 Å². The van der Waals surface area contributed by atoms with E-state index in [4.69, 9.17) is 4.74 Å². The zero-order valence-corrected chi connectivity index (χ0v) is 20.1. The van der Waals surface area contributed by atoms with Crippen LogP contribution in [0.3, 0.4) is 0 Å². The highest BCUT2D eigenvalue weighted by atomic mass is 32.2. The summed E-state index contributed by atoms with van der Waals surface area (Å²) < 4.78 is 35.1. The number of aromatic nitrogens is 1. The van der Waals surface area contributed by atoms with Crippen molar-refractivity contribution in [2.75, 3.05) is 25.1 Å². The average molecular weight is 456 g/mol. The van der Waals surface area contributed by atoms with Crippen LogP contribution in [0.15, 0.2) is 35.4 Å². The molecule has 1 aromatic heterocycles. The van der Waals surface area contributed by atoms with E-state index in [1.54, 1.807) is 17.6 Å². The van der Waals surface area contributed by atoms with Crippen LogP contribution in [-0.4, -0.2) is 43.9 Å². The van der Waals surface area contributed by atoms with E-state index in [0.717, 1.165) is 43.5 Å². The Morgan fingerprint density at radius 2 is 1.94 bits per heavy atom. The molecule has 0 amide bonds. The lowest BCUT2D eigenvalue weighted by molar-refractivity contribution is 0.313.